The van der Waals surface area contributed by atoms with E-state index in [9.17, 15) is 24.3 Å². The summed E-state index contributed by atoms with van der Waals surface area (Å²) in [4.78, 5) is 52.1. The number of hydrogen-bond acceptors (Lipinski definition) is 7. The molecular formula is C20H34N2O8. The zero-order chi connectivity index (χ0) is 23.7. The van der Waals surface area contributed by atoms with Gasteiger partial charge in [0.15, 0.2) is 12.1 Å². The lowest BCUT2D eigenvalue weighted by molar-refractivity contribution is -0.167. The molecule has 0 aliphatic carbocycles. The van der Waals surface area contributed by atoms with Crippen LogP contribution in [0.2, 0.25) is 0 Å². The Morgan fingerprint density at radius 3 is 1.50 bits per heavy atom. The van der Waals surface area contributed by atoms with Crippen LogP contribution in [-0.2, 0) is 23.8 Å². The van der Waals surface area contributed by atoms with Gasteiger partial charge in [0.1, 0.15) is 16.8 Å². The summed E-state index contributed by atoms with van der Waals surface area (Å²) in [5.41, 5.74) is -2.62. The van der Waals surface area contributed by atoms with Gasteiger partial charge in [0.05, 0.1) is 13.1 Å². The number of aliphatic carboxylic acids is 1. The van der Waals surface area contributed by atoms with Crippen molar-refractivity contribution in [3.8, 4) is 0 Å². The maximum absolute atomic E-state index is 12.9. The molecule has 1 fully saturated rings. The van der Waals surface area contributed by atoms with Crippen LogP contribution in [0.15, 0.2) is 0 Å². The van der Waals surface area contributed by atoms with Gasteiger partial charge in [-0.25, -0.2) is 19.2 Å². The number of amides is 2. The van der Waals surface area contributed by atoms with E-state index in [1.54, 1.807) is 62.3 Å². The number of piperazine rings is 1. The molecule has 0 spiro atoms. The lowest BCUT2D eigenvalue weighted by atomic mass is 10.1. The number of carboxylic acids is 1. The summed E-state index contributed by atoms with van der Waals surface area (Å²) in [5.74, 6) is -2.23. The predicted molar refractivity (Wildman–Crippen MR) is 107 cm³/mol. The average molecular weight is 430 g/mol. The molecule has 1 saturated heterocycles. The Bertz CT molecular complexity index is 684. The highest BCUT2D eigenvalue weighted by Crippen LogP contribution is 2.24. The molecule has 10 nitrogen and oxygen atoms in total. The van der Waals surface area contributed by atoms with Gasteiger partial charge in [-0.2, -0.15) is 0 Å². The van der Waals surface area contributed by atoms with Crippen LogP contribution < -0.4 is 0 Å². The van der Waals surface area contributed by atoms with Crippen LogP contribution in [0.25, 0.3) is 0 Å². The lowest BCUT2D eigenvalue weighted by Gasteiger charge is -2.44. The molecule has 1 aliphatic heterocycles. The summed E-state index contributed by atoms with van der Waals surface area (Å²) < 4.78 is 16.0. The first-order chi connectivity index (χ1) is 13.3. The first-order valence-electron chi connectivity index (χ1n) is 9.75. The van der Waals surface area contributed by atoms with Crippen molar-refractivity contribution in [1.82, 2.24) is 9.80 Å². The second-order valence-electron chi connectivity index (χ2n) is 10.2. The topological polar surface area (TPSA) is 123 Å². The van der Waals surface area contributed by atoms with Crippen molar-refractivity contribution in [3.05, 3.63) is 0 Å². The van der Waals surface area contributed by atoms with E-state index >= 15 is 0 Å². The third kappa shape index (κ3) is 7.72. The largest absolute Gasteiger partial charge is 0.480 e. The van der Waals surface area contributed by atoms with Crippen LogP contribution in [0.5, 0.6) is 0 Å². The van der Waals surface area contributed by atoms with Gasteiger partial charge in [-0.1, -0.05) is 0 Å². The lowest BCUT2D eigenvalue weighted by Crippen LogP contribution is -2.67. The van der Waals surface area contributed by atoms with Crippen LogP contribution in [0.4, 0.5) is 9.59 Å². The van der Waals surface area contributed by atoms with Gasteiger partial charge in [-0.3, -0.25) is 4.90 Å². The third-order valence-corrected chi connectivity index (χ3v) is 3.68. The zero-order valence-electron chi connectivity index (χ0n) is 19.3. The van der Waals surface area contributed by atoms with E-state index in [2.05, 4.69) is 0 Å². The Balaban J connectivity index is 3.34. The van der Waals surface area contributed by atoms with E-state index in [0.29, 0.717) is 0 Å². The third-order valence-electron chi connectivity index (χ3n) is 3.68. The minimum atomic E-state index is -1.52. The van der Waals surface area contributed by atoms with Crippen molar-refractivity contribution < 1.29 is 38.5 Å². The minimum Gasteiger partial charge on any atom is -0.480 e. The van der Waals surface area contributed by atoms with Gasteiger partial charge in [0.25, 0.3) is 0 Å². The molecule has 1 N–H and O–H groups in total. The number of ether oxygens (including phenoxy) is 3. The molecule has 2 atom stereocenters. The Morgan fingerprint density at radius 2 is 1.10 bits per heavy atom. The van der Waals surface area contributed by atoms with Crippen molar-refractivity contribution in [2.24, 2.45) is 0 Å². The van der Waals surface area contributed by atoms with Gasteiger partial charge < -0.3 is 24.2 Å². The fraction of sp³-hybridized carbons (Fsp3) is 0.800. The fourth-order valence-corrected chi connectivity index (χ4v) is 2.68. The second-order valence-corrected chi connectivity index (χ2v) is 10.2. The number of carboxylic acid groups (broad SMARTS) is 1. The van der Waals surface area contributed by atoms with Gasteiger partial charge in [-0.15, -0.1) is 0 Å². The highest BCUT2D eigenvalue weighted by atomic mass is 16.6. The molecule has 2 amide bonds. The molecule has 0 unspecified atom stereocenters. The normalized spacial score (nSPS) is 20.4. The number of hydrogen-bond donors (Lipinski definition) is 1. The van der Waals surface area contributed by atoms with Gasteiger partial charge in [-0.05, 0) is 62.3 Å². The fourth-order valence-electron chi connectivity index (χ4n) is 2.68. The summed E-state index contributed by atoms with van der Waals surface area (Å²) in [7, 11) is 0. The van der Waals surface area contributed by atoms with Crippen LogP contribution >= 0.6 is 0 Å². The highest BCUT2D eigenvalue weighted by molar-refractivity contribution is 5.88. The van der Waals surface area contributed by atoms with Crippen LogP contribution in [0.3, 0.4) is 0 Å². The van der Waals surface area contributed by atoms with Crippen molar-refractivity contribution >= 4 is 24.1 Å². The molecule has 0 aromatic rings. The number of carbonyl (C=O) groups excluding carboxylic acids is 3. The minimum absolute atomic E-state index is 0.285. The number of rotatable bonds is 2. The van der Waals surface area contributed by atoms with Crippen LogP contribution in [-0.4, -0.2) is 81.0 Å². The summed E-state index contributed by atoms with van der Waals surface area (Å²) in [6.07, 6.45) is -1.76. The van der Waals surface area contributed by atoms with Crippen molar-refractivity contribution in [2.75, 3.05) is 13.1 Å². The molecule has 1 rings (SSSR count). The smallest absolute Gasteiger partial charge is 0.411 e. The summed E-state index contributed by atoms with van der Waals surface area (Å²) in [6, 6.07) is -2.89. The summed E-state index contributed by atoms with van der Waals surface area (Å²) >= 11 is 0. The van der Waals surface area contributed by atoms with E-state index in [-0.39, 0.29) is 13.1 Å². The molecule has 1 aliphatic rings. The first-order valence-corrected chi connectivity index (χ1v) is 9.75. The quantitative estimate of drug-likeness (QED) is 0.524. The van der Waals surface area contributed by atoms with E-state index < -0.39 is 53.0 Å². The molecule has 0 aromatic carbocycles. The van der Waals surface area contributed by atoms with E-state index in [1.807, 2.05) is 0 Å². The average Bonchev–Trinajstić information content (AvgIpc) is 2.48. The predicted octanol–water partition coefficient (Wildman–Crippen LogP) is 2.64. The molecule has 30 heavy (non-hydrogen) atoms. The van der Waals surface area contributed by atoms with Crippen molar-refractivity contribution in [3.63, 3.8) is 0 Å². The Morgan fingerprint density at radius 1 is 0.700 bits per heavy atom. The second kappa shape index (κ2) is 8.69. The molecule has 0 saturated carbocycles. The van der Waals surface area contributed by atoms with Crippen molar-refractivity contribution in [2.45, 2.75) is 91.2 Å². The molecule has 1 heterocycles. The number of carbonyl (C=O) groups is 4. The van der Waals surface area contributed by atoms with E-state index in [4.69, 9.17) is 14.2 Å². The van der Waals surface area contributed by atoms with E-state index in [1.165, 1.54) is 0 Å². The first kappa shape index (κ1) is 25.5. The number of nitrogens with zero attached hydrogens (tertiary/aromatic N) is 2. The maximum Gasteiger partial charge on any atom is 0.411 e. The van der Waals surface area contributed by atoms with Gasteiger partial charge in [0, 0.05) is 0 Å². The Kier molecular flexibility index (Phi) is 7.39. The molecule has 0 radical (unpaired) electrons. The van der Waals surface area contributed by atoms with Crippen LogP contribution in [0, 0.1) is 0 Å². The molecule has 10 heteroatoms. The molecule has 0 bridgehead atoms. The van der Waals surface area contributed by atoms with Crippen LogP contribution in [0.1, 0.15) is 62.3 Å². The molecule has 172 valence electrons. The summed E-state index contributed by atoms with van der Waals surface area (Å²) in [5, 5.41) is 9.74. The van der Waals surface area contributed by atoms with Gasteiger partial charge >= 0.3 is 24.1 Å². The number of esters is 1. The zero-order valence-corrected chi connectivity index (χ0v) is 19.3. The Labute approximate surface area is 177 Å². The van der Waals surface area contributed by atoms with E-state index in [0.717, 1.165) is 9.80 Å². The monoisotopic (exact) mass is 430 g/mol. The van der Waals surface area contributed by atoms with Crippen molar-refractivity contribution in [1.29, 1.82) is 0 Å². The van der Waals surface area contributed by atoms with Gasteiger partial charge in [0.2, 0.25) is 0 Å². The maximum atomic E-state index is 12.9. The molecule has 0 aromatic heterocycles. The summed E-state index contributed by atoms with van der Waals surface area (Å²) in [6.45, 7) is 14.2. The Hall–Kier alpha value is -2.52. The standard InChI is InChI=1S/C20H34N2O8/c1-18(2,3)28-15(25)13-11-21(16(26)29-19(4,5)6)10-12(14(23)24)22(13)17(27)30-20(7,8)9/h12-13H,10-11H2,1-9H3,(H,23,24)/t12-,13+/m1/s1. The SMILES string of the molecule is CC(C)(C)OC(=O)[C@@H]1CN(C(=O)OC(C)(C)C)C[C@H](C(=O)O)N1C(=O)OC(C)(C)C. The highest BCUT2D eigenvalue weighted by Gasteiger charge is 2.49. The molecular weight excluding hydrogens is 396 g/mol.